The Morgan fingerprint density at radius 3 is 2.46 bits per heavy atom. The average Bonchev–Trinajstić information content (AvgIpc) is 2.49. The molecule has 1 fully saturated rings. The van der Waals surface area contributed by atoms with E-state index in [9.17, 15) is 8.42 Å². The van der Waals surface area contributed by atoms with E-state index >= 15 is 0 Å². The van der Waals surface area contributed by atoms with Crippen molar-refractivity contribution in [2.45, 2.75) is 26.3 Å². The smallest absolute Gasteiger partial charge is 0.191 e. The average molecular weight is 476 g/mol. The molecule has 0 aromatic heterocycles. The normalized spacial score (nSPS) is 19.2. The lowest BCUT2D eigenvalue weighted by atomic mass is 10.1. The second-order valence-corrected chi connectivity index (χ2v) is 8.69. The first-order valence-electron chi connectivity index (χ1n) is 8.25. The summed E-state index contributed by atoms with van der Waals surface area (Å²) >= 11 is 0. The number of nitrogens with one attached hydrogen (secondary N) is 2. The molecule has 2 N–H and O–H groups in total. The molecule has 0 spiro atoms. The summed E-state index contributed by atoms with van der Waals surface area (Å²) < 4.78 is 27.8. The molecule has 0 saturated carbocycles. The number of halogens is 1. The van der Waals surface area contributed by atoms with Gasteiger partial charge in [-0.2, -0.15) is 0 Å². The molecule has 0 aromatic rings. The van der Waals surface area contributed by atoms with Crippen LogP contribution in [0.4, 0.5) is 0 Å². The van der Waals surface area contributed by atoms with Crippen LogP contribution < -0.4 is 10.6 Å². The highest BCUT2D eigenvalue weighted by molar-refractivity contribution is 14.0. The Bertz CT molecular complexity index is 467. The first-order chi connectivity index (χ1) is 10.8. The highest BCUT2D eigenvalue weighted by Gasteiger charge is 2.14. The van der Waals surface area contributed by atoms with Gasteiger partial charge < -0.3 is 15.4 Å². The maximum atomic E-state index is 11.2. The van der Waals surface area contributed by atoms with Gasteiger partial charge in [-0.25, -0.2) is 8.42 Å². The number of rotatable bonds is 8. The Morgan fingerprint density at radius 1 is 1.29 bits per heavy atom. The Morgan fingerprint density at radius 2 is 1.92 bits per heavy atom. The molecular formula is C15H33IN4O3S. The van der Waals surface area contributed by atoms with Crippen molar-refractivity contribution in [3.63, 3.8) is 0 Å². The standard InChI is InChI=1S/C15H32N4O3S.HI/c1-13(12-19-6-8-22-9-7-19)11-17-15(16-3)18-14(2)5-10-23(4,20)21;/h13-14H,5-12H2,1-4H3,(H2,16,17,18);1H. The van der Waals surface area contributed by atoms with E-state index in [2.05, 4.69) is 27.4 Å². The van der Waals surface area contributed by atoms with Crippen molar-refractivity contribution in [1.82, 2.24) is 15.5 Å². The van der Waals surface area contributed by atoms with Gasteiger partial charge in [0.2, 0.25) is 0 Å². The SMILES string of the molecule is CN=C(NCC(C)CN1CCOCC1)NC(C)CCS(C)(=O)=O.I. The first-order valence-corrected chi connectivity index (χ1v) is 10.3. The molecule has 1 aliphatic heterocycles. The first kappa shape index (κ1) is 23.9. The Hall–Kier alpha value is -0.130. The summed E-state index contributed by atoms with van der Waals surface area (Å²) in [5, 5.41) is 6.56. The van der Waals surface area contributed by atoms with Gasteiger partial charge in [-0.3, -0.25) is 9.89 Å². The van der Waals surface area contributed by atoms with Gasteiger partial charge in [0.25, 0.3) is 0 Å². The lowest BCUT2D eigenvalue weighted by Crippen LogP contribution is -2.46. The van der Waals surface area contributed by atoms with Crippen LogP contribution in [-0.2, 0) is 14.6 Å². The molecule has 144 valence electrons. The minimum Gasteiger partial charge on any atom is -0.379 e. The zero-order chi connectivity index (χ0) is 17.3. The summed E-state index contributed by atoms with van der Waals surface area (Å²) in [4.78, 5) is 6.62. The van der Waals surface area contributed by atoms with E-state index in [0.29, 0.717) is 12.3 Å². The van der Waals surface area contributed by atoms with E-state index in [1.807, 2.05) is 6.92 Å². The number of aliphatic imine (C=N–C) groups is 1. The minimum atomic E-state index is -2.92. The van der Waals surface area contributed by atoms with E-state index in [1.54, 1.807) is 7.05 Å². The largest absolute Gasteiger partial charge is 0.379 e. The van der Waals surface area contributed by atoms with Crippen molar-refractivity contribution in [1.29, 1.82) is 0 Å². The molecular weight excluding hydrogens is 443 g/mol. The molecule has 2 unspecified atom stereocenters. The van der Waals surface area contributed by atoms with Gasteiger partial charge in [0.05, 0.1) is 19.0 Å². The molecule has 1 heterocycles. The van der Waals surface area contributed by atoms with Crippen LogP contribution in [-0.4, -0.2) is 83.8 Å². The summed E-state index contributed by atoms with van der Waals surface area (Å²) in [5.74, 6) is 1.41. The molecule has 9 heteroatoms. The number of sulfone groups is 1. The van der Waals surface area contributed by atoms with Crippen molar-refractivity contribution in [3.05, 3.63) is 0 Å². The molecule has 1 rings (SSSR count). The highest BCUT2D eigenvalue weighted by Crippen LogP contribution is 2.02. The van der Waals surface area contributed by atoms with Crippen molar-refractivity contribution in [2.75, 3.05) is 58.4 Å². The van der Waals surface area contributed by atoms with Crippen LogP contribution >= 0.6 is 24.0 Å². The van der Waals surface area contributed by atoms with Crippen LogP contribution in [0.3, 0.4) is 0 Å². The molecule has 0 aliphatic carbocycles. The molecule has 2 atom stereocenters. The lowest BCUT2D eigenvalue weighted by Gasteiger charge is -2.29. The summed E-state index contributed by atoms with van der Waals surface area (Å²) in [6.07, 6.45) is 1.84. The third-order valence-corrected chi connectivity index (χ3v) is 4.80. The van der Waals surface area contributed by atoms with Gasteiger partial charge in [-0.1, -0.05) is 6.92 Å². The summed E-state index contributed by atoms with van der Waals surface area (Å²) in [5.41, 5.74) is 0. The second kappa shape index (κ2) is 12.3. The summed E-state index contributed by atoms with van der Waals surface area (Å²) in [6.45, 7) is 9.69. The van der Waals surface area contributed by atoms with Crippen molar-refractivity contribution in [3.8, 4) is 0 Å². The van der Waals surface area contributed by atoms with E-state index in [4.69, 9.17) is 4.74 Å². The maximum absolute atomic E-state index is 11.2. The van der Waals surface area contributed by atoms with Gasteiger partial charge >= 0.3 is 0 Å². The fourth-order valence-corrected chi connectivity index (χ4v) is 3.23. The molecule has 0 amide bonds. The van der Waals surface area contributed by atoms with E-state index in [1.165, 1.54) is 6.26 Å². The fraction of sp³-hybridized carbons (Fsp3) is 0.933. The van der Waals surface area contributed by atoms with Gasteiger partial charge in [-0.15, -0.1) is 24.0 Å². The molecule has 1 aliphatic rings. The van der Waals surface area contributed by atoms with Gasteiger partial charge in [0.1, 0.15) is 9.84 Å². The Labute approximate surface area is 163 Å². The zero-order valence-corrected chi connectivity index (χ0v) is 18.4. The number of guanidine groups is 1. The van der Waals surface area contributed by atoms with Crippen molar-refractivity contribution < 1.29 is 13.2 Å². The zero-order valence-electron chi connectivity index (χ0n) is 15.2. The molecule has 0 bridgehead atoms. The van der Waals surface area contributed by atoms with Crippen LogP contribution in [0, 0.1) is 5.92 Å². The van der Waals surface area contributed by atoms with E-state index < -0.39 is 9.84 Å². The van der Waals surface area contributed by atoms with Gasteiger partial charge in [0, 0.05) is 45.5 Å². The van der Waals surface area contributed by atoms with Crippen LogP contribution in [0.2, 0.25) is 0 Å². The minimum absolute atomic E-state index is 0. The Balaban J connectivity index is 0.00000529. The molecule has 0 aromatic carbocycles. The van der Waals surface area contributed by atoms with Crippen molar-refractivity contribution >= 4 is 39.8 Å². The van der Waals surface area contributed by atoms with Crippen LogP contribution in [0.5, 0.6) is 0 Å². The summed E-state index contributed by atoms with van der Waals surface area (Å²) in [7, 11) is -1.19. The lowest BCUT2D eigenvalue weighted by molar-refractivity contribution is 0.0320. The fourth-order valence-electron chi connectivity index (χ4n) is 2.45. The third-order valence-electron chi connectivity index (χ3n) is 3.82. The Kier molecular flexibility index (Phi) is 12.2. The predicted octanol–water partition coefficient (Wildman–Crippen LogP) is 0.561. The quantitative estimate of drug-likeness (QED) is 0.303. The van der Waals surface area contributed by atoms with E-state index in [-0.39, 0.29) is 35.8 Å². The number of morpholine rings is 1. The molecule has 7 nitrogen and oxygen atoms in total. The van der Waals surface area contributed by atoms with Crippen LogP contribution in [0.15, 0.2) is 4.99 Å². The topological polar surface area (TPSA) is 83.0 Å². The molecule has 1 saturated heterocycles. The molecule has 0 radical (unpaired) electrons. The predicted molar refractivity (Wildman–Crippen MR) is 110 cm³/mol. The van der Waals surface area contributed by atoms with Gasteiger partial charge in [-0.05, 0) is 19.3 Å². The number of hydrogen-bond donors (Lipinski definition) is 2. The summed E-state index contributed by atoms with van der Waals surface area (Å²) in [6, 6.07) is 0.0606. The van der Waals surface area contributed by atoms with Crippen LogP contribution in [0.25, 0.3) is 0 Å². The molecule has 24 heavy (non-hydrogen) atoms. The highest BCUT2D eigenvalue weighted by atomic mass is 127. The number of hydrogen-bond acceptors (Lipinski definition) is 5. The van der Waals surface area contributed by atoms with E-state index in [0.717, 1.165) is 45.4 Å². The number of nitrogens with zero attached hydrogens (tertiary/aromatic N) is 2. The van der Waals surface area contributed by atoms with Crippen molar-refractivity contribution in [2.24, 2.45) is 10.9 Å². The second-order valence-electron chi connectivity index (χ2n) is 6.44. The van der Waals surface area contributed by atoms with Crippen LogP contribution in [0.1, 0.15) is 20.3 Å². The third kappa shape index (κ3) is 11.4. The maximum Gasteiger partial charge on any atom is 0.191 e. The number of ether oxygens (including phenoxy) is 1. The van der Waals surface area contributed by atoms with Gasteiger partial charge in [0.15, 0.2) is 5.96 Å². The monoisotopic (exact) mass is 476 g/mol.